The first-order valence-electron chi connectivity index (χ1n) is 7.20. The van der Waals surface area contributed by atoms with Gasteiger partial charge in [-0.2, -0.15) is 0 Å². The van der Waals surface area contributed by atoms with Gasteiger partial charge in [0.05, 0.1) is 6.61 Å². The van der Waals surface area contributed by atoms with Crippen LogP contribution in [0.1, 0.15) is 51.9 Å². The summed E-state index contributed by atoms with van der Waals surface area (Å²) in [4.78, 5) is 32.8. The van der Waals surface area contributed by atoms with Gasteiger partial charge in [0.15, 0.2) is 0 Å². The molecule has 0 radical (unpaired) electrons. The van der Waals surface area contributed by atoms with Crippen molar-refractivity contribution in [3.63, 3.8) is 0 Å². The molecular weight excluding hydrogens is 276 g/mol. The number of aliphatic carboxylic acids is 1. The molecule has 1 N–H and O–H groups in total. The number of carbonyl (C=O) groups is 3. The van der Waals surface area contributed by atoms with Gasteiger partial charge in [-0.3, -0.25) is 9.59 Å². The third kappa shape index (κ3) is 11.7. The lowest BCUT2D eigenvalue weighted by Gasteiger charge is -2.17. The Kier molecular flexibility index (Phi) is 10.9. The standard InChI is InChI=1S/C15H24O6/c1-3-7-12(8-6-11-20-14(18)4-2)21-15(19)10-5-9-13(16)17/h4,12H,2-3,5-11H2,1H3,(H,16,17). The molecule has 0 aliphatic heterocycles. The summed E-state index contributed by atoms with van der Waals surface area (Å²) in [7, 11) is 0. The molecule has 0 amide bonds. The molecule has 0 fully saturated rings. The van der Waals surface area contributed by atoms with Gasteiger partial charge in [0.1, 0.15) is 6.10 Å². The molecule has 0 rings (SSSR count). The van der Waals surface area contributed by atoms with Gasteiger partial charge in [0, 0.05) is 18.9 Å². The maximum absolute atomic E-state index is 11.6. The molecule has 0 spiro atoms. The van der Waals surface area contributed by atoms with E-state index in [4.69, 9.17) is 14.6 Å². The van der Waals surface area contributed by atoms with E-state index < -0.39 is 11.9 Å². The van der Waals surface area contributed by atoms with Gasteiger partial charge in [-0.15, -0.1) is 0 Å². The number of esters is 2. The van der Waals surface area contributed by atoms with Crippen LogP contribution in [0.2, 0.25) is 0 Å². The predicted molar refractivity (Wildman–Crippen MR) is 76.7 cm³/mol. The van der Waals surface area contributed by atoms with E-state index in [2.05, 4.69) is 6.58 Å². The molecule has 0 aromatic heterocycles. The second kappa shape index (κ2) is 11.9. The van der Waals surface area contributed by atoms with Crippen LogP contribution in [0.5, 0.6) is 0 Å². The number of hydrogen-bond acceptors (Lipinski definition) is 5. The van der Waals surface area contributed by atoms with Crippen molar-refractivity contribution in [2.45, 2.75) is 58.0 Å². The molecule has 0 heterocycles. The monoisotopic (exact) mass is 300 g/mol. The van der Waals surface area contributed by atoms with Gasteiger partial charge in [-0.05, 0) is 25.7 Å². The summed E-state index contributed by atoms with van der Waals surface area (Å²) in [6.45, 7) is 5.55. The molecule has 0 bridgehead atoms. The van der Waals surface area contributed by atoms with E-state index in [9.17, 15) is 14.4 Å². The molecule has 21 heavy (non-hydrogen) atoms. The molecule has 6 nitrogen and oxygen atoms in total. The Morgan fingerprint density at radius 2 is 1.90 bits per heavy atom. The normalized spacial score (nSPS) is 11.5. The number of ether oxygens (including phenoxy) is 2. The van der Waals surface area contributed by atoms with Gasteiger partial charge < -0.3 is 14.6 Å². The van der Waals surface area contributed by atoms with Crippen LogP contribution in [-0.4, -0.2) is 35.7 Å². The third-order valence-corrected chi connectivity index (χ3v) is 2.76. The lowest BCUT2D eigenvalue weighted by Crippen LogP contribution is -2.19. The average molecular weight is 300 g/mol. The molecule has 0 saturated heterocycles. The second-order valence-corrected chi connectivity index (χ2v) is 4.66. The van der Waals surface area contributed by atoms with Crippen molar-refractivity contribution in [3.05, 3.63) is 12.7 Å². The van der Waals surface area contributed by atoms with Crippen LogP contribution in [0.4, 0.5) is 0 Å². The first-order chi connectivity index (χ1) is 9.99. The van der Waals surface area contributed by atoms with Crippen molar-refractivity contribution in [2.75, 3.05) is 6.61 Å². The second-order valence-electron chi connectivity index (χ2n) is 4.66. The number of carbonyl (C=O) groups excluding carboxylic acids is 2. The summed E-state index contributed by atoms with van der Waals surface area (Å²) >= 11 is 0. The molecule has 0 saturated carbocycles. The fourth-order valence-electron chi connectivity index (χ4n) is 1.76. The molecule has 6 heteroatoms. The summed E-state index contributed by atoms with van der Waals surface area (Å²) in [5.74, 6) is -1.76. The van der Waals surface area contributed by atoms with Gasteiger partial charge in [-0.25, -0.2) is 4.79 Å². The molecule has 0 aliphatic carbocycles. The summed E-state index contributed by atoms with van der Waals surface area (Å²) in [5, 5.41) is 8.50. The van der Waals surface area contributed by atoms with Crippen LogP contribution in [0.25, 0.3) is 0 Å². The summed E-state index contributed by atoms with van der Waals surface area (Å²) < 4.78 is 10.2. The van der Waals surface area contributed by atoms with Gasteiger partial charge in [-0.1, -0.05) is 19.9 Å². The molecular formula is C15H24O6. The van der Waals surface area contributed by atoms with E-state index in [-0.39, 0.29) is 37.9 Å². The topological polar surface area (TPSA) is 89.9 Å². The molecule has 1 atom stereocenters. The minimum Gasteiger partial charge on any atom is -0.481 e. The number of rotatable bonds is 12. The van der Waals surface area contributed by atoms with Crippen LogP contribution in [0, 0.1) is 0 Å². The van der Waals surface area contributed by atoms with Crippen molar-refractivity contribution in [1.82, 2.24) is 0 Å². The maximum Gasteiger partial charge on any atom is 0.330 e. The molecule has 0 aromatic carbocycles. The van der Waals surface area contributed by atoms with Crippen LogP contribution in [-0.2, 0) is 23.9 Å². The van der Waals surface area contributed by atoms with E-state index in [1.165, 1.54) is 0 Å². The van der Waals surface area contributed by atoms with Crippen LogP contribution in [0.3, 0.4) is 0 Å². The van der Waals surface area contributed by atoms with Crippen molar-refractivity contribution in [3.8, 4) is 0 Å². The fourth-order valence-corrected chi connectivity index (χ4v) is 1.76. The Bertz CT molecular complexity index is 350. The quantitative estimate of drug-likeness (QED) is 0.338. The lowest BCUT2D eigenvalue weighted by molar-refractivity contribution is -0.150. The predicted octanol–water partition coefficient (Wildman–Crippen LogP) is 2.46. The Morgan fingerprint density at radius 3 is 2.48 bits per heavy atom. The van der Waals surface area contributed by atoms with E-state index in [1.54, 1.807) is 0 Å². The lowest BCUT2D eigenvalue weighted by atomic mass is 10.1. The van der Waals surface area contributed by atoms with E-state index in [0.717, 1.165) is 18.9 Å². The molecule has 0 aromatic rings. The largest absolute Gasteiger partial charge is 0.481 e. The fraction of sp³-hybridized carbons (Fsp3) is 0.667. The maximum atomic E-state index is 11.6. The number of hydrogen-bond donors (Lipinski definition) is 1. The highest BCUT2D eigenvalue weighted by Gasteiger charge is 2.14. The smallest absolute Gasteiger partial charge is 0.330 e. The van der Waals surface area contributed by atoms with Crippen molar-refractivity contribution in [1.29, 1.82) is 0 Å². The average Bonchev–Trinajstić information content (AvgIpc) is 2.42. The minimum absolute atomic E-state index is 0.0367. The molecule has 120 valence electrons. The van der Waals surface area contributed by atoms with Crippen LogP contribution >= 0.6 is 0 Å². The first-order valence-corrected chi connectivity index (χ1v) is 7.20. The van der Waals surface area contributed by atoms with Crippen molar-refractivity contribution >= 4 is 17.9 Å². The van der Waals surface area contributed by atoms with E-state index in [1.807, 2.05) is 6.92 Å². The van der Waals surface area contributed by atoms with Crippen LogP contribution in [0.15, 0.2) is 12.7 Å². The van der Waals surface area contributed by atoms with E-state index in [0.29, 0.717) is 12.8 Å². The van der Waals surface area contributed by atoms with Crippen LogP contribution < -0.4 is 0 Å². The van der Waals surface area contributed by atoms with Crippen molar-refractivity contribution in [2.24, 2.45) is 0 Å². The Labute approximate surface area is 125 Å². The van der Waals surface area contributed by atoms with Gasteiger partial charge >= 0.3 is 17.9 Å². The van der Waals surface area contributed by atoms with Gasteiger partial charge in [0.2, 0.25) is 0 Å². The van der Waals surface area contributed by atoms with E-state index >= 15 is 0 Å². The highest BCUT2D eigenvalue weighted by atomic mass is 16.5. The third-order valence-electron chi connectivity index (χ3n) is 2.76. The highest BCUT2D eigenvalue weighted by Crippen LogP contribution is 2.12. The zero-order valence-electron chi connectivity index (χ0n) is 12.5. The summed E-state index contributed by atoms with van der Waals surface area (Å²) in [6.07, 6.45) is 4.07. The highest BCUT2D eigenvalue weighted by molar-refractivity contribution is 5.81. The summed E-state index contributed by atoms with van der Waals surface area (Å²) in [6, 6.07) is 0. The molecule has 1 unspecified atom stereocenters. The summed E-state index contributed by atoms with van der Waals surface area (Å²) in [5.41, 5.74) is 0. The first kappa shape index (κ1) is 19.1. The zero-order chi connectivity index (χ0) is 16.1. The Balaban J connectivity index is 3.93. The number of carboxylic acids is 1. The Hall–Kier alpha value is -1.85. The Morgan fingerprint density at radius 1 is 1.19 bits per heavy atom. The number of carboxylic acid groups (broad SMARTS) is 1. The SMILES string of the molecule is C=CC(=O)OCCCC(CCC)OC(=O)CCCC(=O)O. The zero-order valence-corrected chi connectivity index (χ0v) is 12.5. The van der Waals surface area contributed by atoms with Gasteiger partial charge in [0.25, 0.3) is 0 Å². The van der Waals surface area contributed by atoms with Crippen molar-refractivity contribution < 1.29 is 29.0 Å². The minimum atomic E-state index is -0.919. The molecule has 0 aliphatic rings.